The van der Waals surface area contributed by atoms with Gasteiger partial charge in [-0.1, -0.05) is 41.4 Å². The number of piperidine rings is 1. The Kier molecular flexibility index (Phi) is 8.01. The van der Waals surface area contributed by atoms with E-state index in [1.165, 1.54) is 20.3 Å². The van der Waals surface area contributed by atoms with Gasteiger partial charge in [-0.15, -0.1) is 0 Å². The molecule has 1 heterocycles. The summed E-state index contributed by atoms with van der Waals surface area (Å²) in [5, 5.41) is 3.38. The molecule has 0 bridgehead atoms. The predicted molar refractivity (Wildman–Crippen MR) is 137 cm³/mol. The molecule has 1 aliphatic rings. The van der Waals surface area contributed by atoms with Gasteiger partial charge in [0.25, 0.3) is 11.8 Å². The van der Waals surface area contributed by atoms with Gasteiger partial charge < -0.3 is 19.7 Å². The fraction of sp³-hybridized carbons (Fsp3) is 0.259. The third-order valence-corrected chi connectivity index (χ3v) is 6.96. The van der Waals surface area contributed by atoms with Crippen molar-refractivity contribution in [1.82, 2.24) is 10.2 Å². The monoisotopic (exact) mass is 530 g/mol. The molecule has 0 aromatic heterocycles. The Morgan fingerprint density at radius 2 is 1.72 bits per heavy atom. The number of benzene rings is 3. The molecular weight excluding hydrogens is 506 g/mol. The Balaban J connectivity index is 1.61. The minimum atomic E-state index is -0.536. The molecule has 3 aromatic carbocycles. The summed E-state index contributed by atoms with van der Waals surface area (Å²) in [5.74, 6) is -0.395. The van der Waals surface area contributed by atoms with Crippen molar-refractivity contribution in [3.63, 3.8) is 0 Å². The van der Waals surface area contributed by atoms with Crippen molar-refractivity contribution in [3.8, 4) is 11.5 Å². The quantitative estimate of drug-likeness (QED) is 0.451. The maximum absolute atomic E-state index is 13.9. The second kappa shape index (κ2) is 11.2. The number of likely N-dealkylation sites (tertiary alicyclic amines) is 1. The molecule has 0 aliphatic carbocycles. The Hall–Kier alpha value is -3.29. The van der Waals surface area contributed by atoms with Crippen molar-refractivity contribution < 1.29 is 23.5 Å². The molecule has 3 aromatic rings. The smallest absolute Gasteiger partial charge is 0.254 e. The van der Waals surface area contributed by atoms with E-state index in [0.717, 1.165) is 5.56 Å². The van der Waals surface area contributed by atoms with Crippen LogP contribution < -0.4 is 14.8 Å². The van der Waals surface area contributed by atoms with Crippen molar-refractivity contribution in [1.29, 1.82) is 0 Å². The normalized spacial score (nSPS) is 17.4. The lowest BCUT2D eigenvalue weighted by Gasteiger charge is -2.39. The van der Waals surface area contributed by atoms with Gasteiger partial charge >= 0.3 is 0 Å². The summed E-state index contributed by atoms with van der Waals surface area (Å²) in [6.45, 7) is 0.703. The number of carbonyl (C=O) groups excluding carboxylic acids is 2. The van der Waals surface area contributed by atoms with Gasteiger partial charge in [-0.05, 0) is 54.4 Å². The van der Waals surface area contributed by atoms with E-state index in [2.05, 4.69) is 5.32 Å². The summed E-state index contributed by atoms with van der Waals surface area (Å²) in [7, 11) is 3.03. The molecule has 6 nitrogen and oxygen atoms in total. The largest absolute Gasteiger partial charge is 0.493 e. The molecule has 0 unspecified atom stereocenters. The second-order valence-electron chi connectivity index (χ2n) is 8.45. The van der Waals surface area contributed by atoms with Crippen molar-refractivity contribution in [2.24, 2.45) is 0 Å². The van der Waals surface area contributed by atoms with Gasteiger partial charge in [0.2, 0.25) is 0 Å². The Bertz CT molecular complexity index is 1290. The van der Waals surface area contributed by atoms with E-state index >= 15 is 0 Å². The first-order valence-electron chi connectivity index (χ1n) is 11.3. The Morgan fingerprint density at radius 1 is 0.972 bits per heavy atom. The van der Waals surface area contributed by atoms with Gasteiger partial charge in [0, 0.05) is 30.6 Å². The molecule has 2 amide bonds. The number of rotatable bonds is 6. The third-order valence-electron chi connectivity index (χ3n) is 6.34. The first-order chi connectivity index (χ1) is 17.3. The molecule has 0 radical (unpaired) electrons. The zero-order valence-electron chi connectivity index (χ0n) is 19.8. The van der Waals surface area contributed by atoms with Crippen molar-refractivity contribution in [2.75, 3.05) is 27.3 Å². The number of ether oxygens (including phenoxy) is 2. The number of halogens is 3. The summed E-state index contributed by atoms with van der Waals surface area (Å²) in [4.78, 5) is 28.1. The Morgan fingerprint density at radius 3 is 2.42 bits per heavy atom. The van der Waals surface area contributed by atoms with Crippen LogP contribution in [0.2, 0.25) is 10.0 Å². The molecule has 188 valence electrons. The molecule has 0 spiro atoms. The third kappa shape index (κ3) is 5.42. The van der Waals surface area contributed by atoms with E-state index in [1.807, 2.05) is 0 Å². The van der Waals surface area contributed by atoms with E-state index in [9.17, 15) is 14.0 Å². The van der Waals surface area contributed by atoms with Crippen LogP contribution in [0.4, 0.5) is 4.39 Å². The average molecular weight is 531 g/mol. The van der Waals surface area contributed by atoms with Gasteiger partial charge in [-0.2, -0.15) is 0 Å². The van der Waals surface area contributed by atoms with Crippen LogP contribution in [-0.4, -0.2) is 50.1 Å². The zero-order valence-corrected chi connectivity index (χ0v) is 21.3. The van der Waals surface area contributed by atoms with Gasteiger partial charge in [0.1, 0.15) is 5.82 Å². The highest BCUT2D eigenvalue weighted by Gasteiger charge is 2.34. The zero-order chi connectivity index (χ0) is 25.8. The summed E-state index contributed by atoms with van der Waals surface area (Å²) in [5.41, 5.74) is 1.52. The number of carbonyl (C=O) groups is 2. The number of hydrogen-bond acceptors (Lipinski definition) is 4. The van der Waals surface area contributed by atoms with Crippen LogP contribution in [0.15, 0.2) is 60.7 Å². The van der Waals surface area contributed by atoms with Crippen LogP contribution in [0.5, 0.6) is 11.5 Å². The SMILES string of the molecule is COc1ccc(C(=O)N2CC[C@H](NC(=O)c3ccccc3Cl)[C@H](c3ccc(F)c(Cl)c3)C2)cc1OC. The molecule has 1 saturated heterocycles. The first kappa shape index (κ1) is 25.8. The maximum atomic E-state index is 13.9. The van der Waals surface area contributed by atoms with Gasteiger partial charge in [-0.3, -0.25) is 9.59 Å². The topological polar surface area (TPSA) is 67.9 Å². The van der Waals surface area contributed by atoms with E-state index < -0.39 is 5.82 Å². The minimum absolute atomic E-state index is 0.0213. The second-order valence-corrected chi connectivity index (χ2v) is 9.26. The van der Waals surface area contributed by atoms with Crippen LogP contribution in [0, 0.1) is 5.82 Å². The molecule has 4 rings (SSSR count). The summed E-state index contributed by atoms with van der Waals surface area (Å²) >= 11 is 12.3. The van der Waals surface area contributed by atoms with E-state index in [0.29, 0.717) is 47.2 Å². The van der Waals surface area contributed by atoms with Crippen molar-refractivity contribution in [3.05, 3.63) is 93.2 Å². The van der Waals surface area contributed by atoms with Crippen LogP contribution >= 0.6 is 23.2 Å². The van der Waals surface area contributed by atoms with Crippen molar-refractivity contribution >= 4 is 35.0 Å². The molecule has 36 heavy (non-hydrogen) atoms. The number of nitrogens with zero attached hydrogens (tertiary/aromatic N) is 1. The fourth-order valence-electron chi connectivity index (χ4n) is 4.43. The number of amides is 2. The van der Waals surface area contributed by atoms with Crippen LogP contribution in [0.3, 0.4) is 0 Å². The first-order valence-corrected chi connectivity index (χ1v) is 12.1. The minimum Gasteiger partial charge on any atom is -0.493 e. The highest BCUT2D eigenvalue weighted by atomic mass is 35.5. The fourth-order valence-corrected chi connectivity index (χ4v) is 4.84. The highest BCUT2D eigenvalue weighted by molar-refractivity contribution is 6.33. The molecule has 1 N–H and O–H groups in total. The Labute approximate surface area is 218 Å². The lowest BCUT2D eigenvalue weighted by Crippen LogP contribution is -2.51. The highest BCUT2D eigenvalue weighted by Crippen LogP contribution is 2.33. The summed E-state index contributed by atoms with van der Waals surface area (Å²) in [6, 6.07) is 15.9. The van der Waals surface area contributed by atoms with Crippen LogP contribution in [0.25, 0.3) is 0 Å². The van der Waals surface area contributed by atoms with Crippen LogP contribution in [0.1, 0.15) is 38.6 Å². The van der Waals surface area contributed by atoms with E-state index in [4.69, 9.17) is 32.7 Å². The van der Waals surface area contributed by atoms with Crippen molar-refractivity contribution in [2.45, 2.75) is 18.4 Å². The lowest BCUT2D eigenvalue weighted by atomic mass is 9.85. The van der Waals surface area contributed by atoms with Gasteiger partial charge in [0.05, 0.1) is 29.8 Å². The standard InChI is InChI=1S/C27H25Cl2FN2O4/c1-35-24-10-8-17(14-25(24)36-2)27(34)32-12-11-23(31-26(33)18-5-3-4-6-20(18)28)19(15-32)16-7-9-22(30)21(29)13-16/h3-10,13-14,19,23H,11-12,15H2,1-2H3,(H,31,33)/t19-,23-/m0/s1. The number of hydrogen-bond donors (Lipinski definition) is 1. The summed E-state index contributed by atoms with van der Waals surface area (Å²) < 4.78 is 24.5. The molecule has 1 aliphatic heterocycles. The van der Waals surface area contributed by atoms with E-state index in [-0.39, 0.29) is 28.8 Å². The van der Waals surface area contributed by atoms with Crippen LogP contribution in [-0.2, 0) is 0 Å². The molecule has 2 atom stereocenters. The average Bonchev–Trinajstić information content (AvgIpc) is 2.89. The molecule has 0 saturated carbocycles. The van der Waals surface area contributed by atoms with E-state index in [1.54, 1.807) is 59.5 Å². The van der Waals surface area contributed by atoms with Gasteiger partial charge in [-0.25, -0.2) is 4.39 Å². The summed E-state index contributed by atoms with van der Waals surface area (Å²) in [6.07, 6.45) is 0.481. The number of nitrogens with one attached hydrogen (secondary N) is 1. The van der Waals surface area contributed by atoms with Gasteiger partial charge in [0.15, 0.2) is 11.5 Å². The predicted octanol–water partition coefficient (Wildman–Crippen LogP) is 5.58. The lowest BCUT2D eigenvalue weighted by molar-refractivity contribution is 0.0671. The maximum Gasteiger partial charge on any atom is 0.254 e. The molecular formula is C27H25Cl2FN2O4. The number of methoxy groups -OCH3 is 2. The molecule has 1 fully saturated rings. The molecule has 9 heteroatoms.